The van der Waals surface area contributed by atoms with Gasteiger partial charge in [-0.3, -0.25) is 15.0 Å². The van der Waals surface area contributed by atoms with E-state index >= 15 is 0 Å². The molecule has 0 bridgehead atoms. The summed E-state index contributed by atoms with van der Waals surface area (Å²) in [7, 11) is 0. The number of rotatable bonds is 3. The summed E-state index contributed by atoms with van der Waals surface area (Å²) in [5.41, 5.74) is 3.52. The molecule has 2 unspecified atom stereocenters. The van der Waals surface area contributed by atoms with Crippen LogP contribution in [0, 0.1) is 12.8 Å². The third-order valence-electron chi connectivity index (χ3n) is 3.89. The van der Waals surface area contributed by atoms with Gasteiger partial charge in [-0.15, -0.1) is 0 Å². The number of ether oxygens (including phenoxy) is 1. The van der Waals surface area contributed by atoms with Crippen molar-refractivity contribution >= 4 is 40.8 Å². The van der Waals surface area contributed by atoms with E-state index in [0.29, 0.717) is 16.3 Å². The first-order valence-corrected chi connectivity index (χ1v) is 7.48. The maximum atomic E-state index is 12.7. The Morgan fingerprint density at radius 1 is 1.39 bits per heavy atom. The third kappa shape index (κ3) is 2.28. The molecule has 0 radical (unpaired) electrons. The molecule has 120 valence electrons. The van der Waals surface area contributed by atoms with E-state index in [-0.39, 0.29) is 12.3 Å². The zero-order valence-electron chi connectivity index (χ0n) is 12.5. The lowest BCUT2D eigenvalue weighted by Gasteiger charge is -2.18. The molecule has 1 fully saturated rings. The van der Waals surface area contributed by atoms with Crippen molar-refractivity contribution in [3.8, 4) is 0 Å². The van der Waals surface area contributed by atoms with E-state index < -0.39 is 29.7 Å². The fourth-order valence-corrected chi connectivity index (χ4v) is 2.91. The van der Waals surface area contributed by atoms with Gasteiger partial charge in [0.25, 0.3) is 5.91 Å². The van der Waals surface area contributed by atoms with Crippen molar-refractivity contribution in [1.29, 1.82) is 0 Å². The second kappa shape index (κ2) is 5.66. The molecule has 23 heavy (non-hydrogen) atoms. The largest absolute Gasteiger partial charge is 0.461 e. The zero-order valence-corrected chi connectivity index (χ0v) is 13.3. The minimum absolute atomic E-state index is 0.0719. The van der Waals surface area contributed by atoms with Gasteiger partial charge in [-0.1, -0.05) is 17.7 Å². The normalized spacial score (nSPS) is 22.7. The first kappa shape index (κ1) is 15.5. The van der Waals surface area contributed by atoms with Gasteiger partial charge in [0, 0.05) is 5.02 Å². The predicted molar refractivity (Wildman–Crippen MR) is 83.2 cm³/mol. The number of halogens is 1. The Hall–Kier alpha value is -2.41. The Balaban J connectivity index is 1.97. The highest BCUT2D eigenvalue weighted by Crippen LogP contribution is 2.34. The molecular weight excluding hydrogens is 322 g/mol. The Kier molecular flexibility index (Phi) is 3.81. The molecule has 8 heteroatoms. The van der Waals surface area contributed by atoms with Crippen LogP contribution >= 0.6 is 11.6 Å². The van der Waals surface area contributed by atoms with E-state index in [1.54, 1.807) is 32.0 Å². The van der Waals surface area contributed by atoms with Crippen molar-refractivity contribution in [2.75, 3.05) is 11.5 Å². The molecule has 7 nitrogen and oxygen atoms in total. The quantitative estimate of drug-likeness (QED) is 0.658. The molecule has 0 aromatic heterocycles. The highest BCUT2D eigenvalue weighted by Gasteiger charge is 2.56. The molecular formula is C15H14ClN3O4. The number of nitrogens with zero attached hydrogens (tertiary/aromatic N) is 2. The first-order valence-electron chi connectivity index (χ1n) is 7.10. The summed E-state index contributed by atoms with van der Waals surface area (Å²) in [5, 5.41) is 4.26. The number of hydrogen-bond donors (Lipinski definition) is 1. The van der Waals surface area contributed by atoms with Crippen molar-refractivity contribution < 1.29 is 19.1 Å². The molecule has 2 aliphatic rings. The average Bonchev–Trinajstić information content (AvgIpc) is 3.05. The molecule has 3 rings (SSSR count). The van der Waals surface area contributed by atoms with E-state index in [2.05, 4.69) is 10.5 Å². The number of benzene rings is 1. The van der Waals surface area contributed by atoms with E-state index in [1.807, 2.05) is 0 Å². The number of fused-ring (bicyclic) bond motifs is 1. The monoisotopic (exact) mass is 335 g/mol. The zero-order chi connectivity index (χ0) is 16.7. The van der Waals surface area contributed by atoms with Crippen molar-refractivity contribution in [3.05, 3.63) is 28.8 Å². The number of carbonyl (C=O) groups is 3. The fraction of sp³-hybridized carbons (Fsp3) is 0.333. The molecule has 0 spiro atoms. The number of esters is 1. The third-order valence-corrected chi connectivity index (χ3v) is 4.30. The number of imide groups is 1. The Morgan fingerprint density at radius 2 is 2.13 bits per heavy atom. The number of carbonyl (C=O) groups excluding carboxylic acids is 3. The Morgan fingerprint density at radius 3 is 2.83 bits per heavy atom. The molecule has 2 amide bonds. The average molecular weight is 336 g/mol. The van der Waals surface area contributed by atoms with Gasteiger partial charge >= 0.3 is 5.97 Å². The van der Waals surface area contributed by atoms with Gasteiger partial charge in [0.15, 0.2) is 5.71 Å². The minimum Gasteiger partial charge on any atom is -0.461 e. The highest BCUT2D eigenvalue weighted by atomic mass is 35.5. The lowest BCUT2D eigenvalue weighted by Crippen LogP contribution is -2.36. The SMILES string of the molecule is CCOC(=O)C1=NNC2C(=O)N(c3cccc(Cl)c3C)C(=O)C12. The van der Waals surface area contributed by atoms with E-state index in [1.165, 1.54) is 0 Å². The van der Waals surface area contributed by atoms with E-state index in [4.69, 9.17) is 16.3 Å². The van der Waals surface area contributed by atoms with Crippen LogP contribution in [0.5, 0.6) is 0 Å². The highest BCUT2D eigenvalue weighted by molar-refractivity contribution is 6.46. The van der Waals surface area contributed by atoms with Crippen LogP contribution in [0.1, 0.15) is 12.5 Å². The molecule has 1 saturated heterocycles. The summed E-state index contributed by atoms with van der Waals surface area (Å²) in [6.45, 7) is 3.54. The summed E-state index contributed by atoms with van der Waals surface area (Å²) in [6.07, 6.45) is 0. The molecule has 2 atom stereocenters. The van der Waals surface area contributed by atoms with Gasteiger partial charge in [-0.05, 0) is 31.5 Å². The maximum Gasteiger partial charge on any atom is 0.355 e. The Labute approximate surface area is 137 Å². The van der Waals surface area contributed by atoms with E-state index in [9.17, 15) is 14.4 Å². The van der Waals surface area contributed by atoms with Crippen LogP contribution in [0.15, 0.2) is 23.3 Å². The molecule has 0 saturated carbocycles. The van der Waals surface area contributed by atoms with Gasteiger partial charge in [0.1, 0.15) is 12.0 Å². The van der Waals surface area contributed by atoms with E-state index in [0.717, 1.165) is 4.90 Å². The predicted octanol–water partition coefficient (Wildman–Crippen LogP) is 1.03. The van der Waals surface area contributed by atoms with Gasteiger partial charge in [0.2, 0.25) is 5.91 Å². The maximum absolute atomic E-state index is 12.7. The second-order valence-corrected chi connectivity index (χ2v) is 5.61. The smallest absolute Gasteiger partial charge is 0.355 e. The van der Waals surface area contributed by atoms with Crippen LogP contribution in [0.4, 0.5) is 5.69 Å². The standard InChI is InChI=1S/C15H14ClN3O4/c1-3-23-15(22)12-10-11(17-18-12)14(21)19(13(10)20)9-6-4-5-8(16)7(9)2/h4-6,10-11,17H,3H2,1-2H3. The lowest BCUT2D eigenvalue weighted by molar-refractivity contribution is -0.136. The van der Waals surface area contributed by atoms with Crippen LogP contribution in [0.2, 0.25) is 5.02 Å². The molecule has 2 aliphatic heterocycles. The first-order chi connectivity index (χ1) is 11.0. The number of hydrazone groups is 1. The van der Waals surface area contributed by atoms with Crippen molar-refractivity contribution in [3.63, 3.8) is 0 Å². The fourth-order valence-electron chi connectivity index (χ4n) is 2.74. The summed E-state index contributed by atoms with van der Waals surface area (Å²) >= 11 is 6.07. The second-order valence-electron chi connectivity index (χ2n) is 5.20. The summed E-state index contributed by atoms with van der Waals surface area (Å²) < 4.78 is 4.89. The molecule has 2 heterocycles. The Bertz CT molecular complexity index is 746. The number of hydrogen-bond acceptors (Lipinski definition) is 6. The van der Waals surface area contributed by atoms with Crippen LogP contribution in [-0.4, -0.2) is 36.1 Å². The van der Waals surface area contributed by atoms with Crippen molar-refractivity contribution in [2.45, 2.75) is 19.9 Å². The van der Waals surface area contributed by atoms with Crippen LogP contribution in [0.25, 0.3) is 0 Å². The number of nitrogens with one attached hydrogen (secondary N) is 1. The lowest BCUT2D eigenvalue weighted by atomic mass is 9.99. The van der Waals surface area contributed by atoms with Crippen molar-refractivity contribution in [1.82, 2.24) is 5.43 Å². The van der Waals surface area contributed by atoms with Crippen LogP contribution < -0.4 is 10.3 Å². The summed E-state index contributed by atoms with van der Waals surface area (Å²) in [5.74, 6) is -2.64. The van der Waals surface area contributed by atoms with Crippen LogP contribution in [-0.2, 0) is 19.1 Å². The van der Waals surface area contributed by atoms with Crippen LogP contribution in [0.3, 0.4) is 0 Å². The summed E-state index contributed by atoms with van der Waals surface area (Å²) in [4.78, 5) is 38.2. The van der Waals surface area contributed by atoms with Gasteiger partial charge in [0.05, 0.1) is 12.3 Å². The number of amides is 2. The number of anilines is 1. The van der Waals surface area contributed by atoms with Gasteiger partial charge in [-0.2, -0.15) is 5.10 Å². The summed E-state index contributed by atoms with van der Waals surface area (Å²) in [6, 6.07) is 4.09. The van der Waals surface area contributed by atoms with Gasteiger partial charge in [-0.25, -0.2) is 9.69 Å². The molecule has 0 aliphatic carbocycles. The minimum atomic E-state index is -0.972. The topological polar surface area (TPSA) is 88.1 Å². The molecule has 1 aromatic rings. The molecule has 1 N–H and O–H groups in total. The van der Waals surface area contributed by atoms with Crippen molar-refractivity contribution in [2.24, 2.45) is 11.0 Å². The molecule has 1 aromatic carbocycles. The van der Waals surface area contributed by atoms with Gasteiger partial charge < -0.3 is 4.74 Å².